The molecule has 0 amide bonds. The van der Waals surface area contributed by atoms with E-state index < -0.39 is 12.2 Å². The fourth-order valence-corrected chi connectivity index (χ4v) is 1.13. The van der Waals surface area contributed by atoms with Crippen LogP contribution in [0.5, 0.6) is 0 Å². The van der Waals surface area contributed by atoms with Crippen molar-refractivity contribution < 1.29 is 8.78 Å². The van der Waals surface area contributed by atoms with Gasteiger partial charge in [-0.3, -0.25) is 0 Å². The van der Waals surface area contributed by atoms with Crippen molar-refractivity contribution in [2.24, 2.45) is 0 Å². The van der Waals surface area contributed by atoms with Gasteiger partial charge in [-0.2, -0.15) is 4.37 Å². The first-order valence-corrected chi connectivity index (χ1v) is 3.54. The summed E-state index contributed by atoms with van der Waals surface area (Å²) in [7, 11) is 0. The van der Waals surface area contributed by atoms with Gasteiger partial charge < -0.3 is 0 Å². The average Bonchev–Trinajstić information content (AvgIpc) is 2.14. The number of alkyl halides is 2. The standard InChI is InChI=1S/C3HBrF2N2S/c4-3-7-2(1(5)6)8-9-3/h1H. The highest BCUT2D eigenvalue weighted by molar-refractivity contribution is 9.11. The first kappa shape index (κ1) is 7.01. The highest BCUT2D eigenvalue weighted by atomic mass is 79.9. The molecule has 0 radical (unpaired) electrons. The Bertz CT molecular complexity index is 201. The number of aromatic nitrogens is 2. The van der Waals surface area contributed by atoms with E-state index in [9.17, 15) is 8.78 Å². The van der Waals surface area contributed by atoms with Gasteiger partial charge in [-0.05, 0) is 27.5 Å². The molecule has 0 spiro atoms. The topological polar surface area (TPSA) is 25.8 Å². The molecule has 0 saturated heterocycles. The molecular formula is C3HBrF2N2S. The van der Waals surface area contributed by atoms with Crippen LogP contribution in [0.4, 0.5) is 8.78 Å². The van der Waals surface area contributed by atoms with E-state index >= 15 is 0 Å². The Morgan fingerprint density at radius 1 is 1.56 bits per heavy atom. The largest absolute Gasteiger partial charge is 0.298 e. The van der Waals surface area contributed by atoms with Crippen molar-refractivity contribution in [3.05, 3.63) is 9.74 Å². The summed E-state index contributed by atoms with van der Waals surface area (Å²) in [6.45, 7) is 0. The van der Waals surface area contributed by atoms with Gasteiger partial charge in [0, 0.05) is 0 Å². The van der Waals surface area contributed by atoms with E-state index in [-0.39, 0.29) is 0 Å². The fourth-order valence-electron chi connectivity index (χ4n) is 0.304. The van der Waals surface area contributed by atoms with E-state index in [4.69, 9.17) is 0 Å². The average molecular weight is 215 g/mol. The van der Waals surface area contributed by atoms with Crippen LogP contribution in [-0.2, 0) is 0 Å². The van der Waals surface area contributed by atoms with E-state index in [0.29, 0.717) is 3.92 Å². The van der Waals surface area contributed by atoms with Crippen LogP contribution in [0, 0.1) is 0 Å². The van der Waals surface area contributed by atoms with Gasteiger partial charge in [-0.1, -0.05) is 0 Å². The van der Waals surface area contributed by atoms with Crippen LogP contribution < -0.4 is 0 Å². The number of rotatable bonds is 1. The second-order valence-electron chi connectivity index (χ2n) is 1.21. The maximum atomic E-state index is 11.6. The number of hydrogen-bond acceptors (Lipinski definition) is 3. The Balaban J connectivity index is 2.85. The molecule has 0 aliphatic carbocycles. The molecule has 50 valence electrons. The monoisotopic (exact) mass is 214 g/mol. The third-order valence-electron chi connectivity index (χ3n) is 0.612. The third kappa shape index (κ3) is 1.65. The highest BCUT2D eigenvalue weighted by Crippen LogP contribution is 2.19. The van der Waals surface area contributed by atoms with Crippen LogP contribution in [0.1, 0.15) is 12.2 Å². The zero-order valence-electron chi connectivity index (χ0n) is 4.01. The lowest BCUT2D eigenvalue weighted by molar-refractivity contribution is 0.142. The molecule has 0 aliphatic heterocycles. The number of hydrogen-bond donors (Lipinski definition) is 0. The van der Waals surface area contributed by atoms with Crippen LogP contribution in [0.2, 0.25) is 0 Å². The summed E-state index contributed by atoms with van der Waals surface area (Å²) in [5, 5.41) is 0. The van der Waals surface area contributed by atoms with E-state index in [2.05, 4.69) is 25.3 Å². The molecule has 0 aromatic carbocycles. The Morgan fingerprint density at radius 3 is 2.44 bits per heavy atom. The van der Waals surface area contributed by atoms with Gasteiger partial charge in [0.25, 0.3) is 6.43 Å². The summed E-state index contributed by atoms with van der Waals surface area (Å²) in [6.07, 6.45) is -2.56. The molecule has 0 N–H and O–H groups in total. The van der Waals surface area contributed by atoms with Gasteiger partial charge in [-0.25, -0.2) is 13.8 Å². The fraction of sp³-hybridized carbons (Fsp3) is 0.333. The van der Waals surface area contributed by atoms with E-state index in [1.54, 1.807) is 0 Å². The van der Waals surface area contributed by atoms with Crippen molar-refractivity contribution >= 4 is 27.5 Å². The smallest absolute Gasteiger partial charge is 0.207 e. The molecule has 0 fully saturated rings. The lowest BCUT2D eigenvalue weighted by Gasteiger charge is -1.84. The molecule has 0 bridgehead atoms. The van der Waals surface area contributed by atoms with Crippen LogP contribution in [-0.4, -0.2) is 9.36 Å². The second kappa shape index (κ2) is 2.66. The van der Waals surface area contributed by atoms with Crippen molar-refractivity contribution in [3.63, 3.8) is 0 Å². The molecule has 9 heavy (non-hydrogen) atoms. The first-order valence-electron chi connectivity index (χ1n) is 1.97. The zero-order chi connectivity index (χ0) is 6.85. The minimum atomic E-state index is -2.56. The van der Waals surface area contributed by atoms with Crippen LogP contribution in [0.25, 0.3) is 0 Å². The SMILES string of the molecule is FC(F)c1nsc(Br)n1. The molecule has 1 heterocycles. The van der Waals surface area contributed by atoms with Crippen molar-refractivity contribution in [1.82, 2.24) is 9.36 Å². The van der Waals surface area contributed by atoms with Crippen molar-refractivity contribution in [3.8, 4) is 0 Å². The molecule has 6 heteroatoms. The van der Waals surface area contributed by atoms with Gasteiger partial charge in [0.05, 0.1) is 0 Å². The van der Waals surface area contributed by atoms with Gasteiger partial charge in [0.1, 0.15) is 0 Å². The summed E-state index contributed by atoms with van der Waals surface area (Å²) >= 11 is 3.82. The van der Waals surface area contributed by atoms with Crippen LogP contribution in [0.15, 0.2) is 3.92 Å². The molecule has 1 aromatic rings. The van der Waals surface area contributed by atoms with Crippen LogP contribution >= 0.6 is 27.5 Å². The molecule has 2 nitrogen and oxygen atoms in total. The lowest BCUT2D eigenvalue weighted by Crippen LogP contribution is -1.84. The van der Waals surface area contributed by atoms with E-state index in [1.165, 1.54) is 0 Å². The minimum absolute atomic E-state index is 0.387. The van der Waals surface area contributed by atoms with E-state index in [0.717, 1.165) is 11.5 Å². The predicted octanol–water partition coefficient (Wildman–Crippen LogP) is 2.24. The lowest BCUT2D eigenvalue weighted by atomic mass is 10.7. The summed E-state index contributed by atoms with van der Waals surface area (Å²) in [5.74, 6) is -0.410. The molecule has 0 saturated carbocycles. The molecule has 0 aliphatic rings. The van der Waals surface area contributed by atoms with Crippen molar-refractivity contribution in [2.45, 2.75) is 6.43 Å². The van der Waals surface area contributed by atoms with Crippen molar-refractivity contribution in [1.29, 1.82) is 0 Å². The summed E-state index contributed by atoms with van der Waals surface area (Å²) < 4.78 is 27.0. The molecule has 1 rings (SSSR count). The molecule has 0 atom stereocenters. The molecule has 1 aromatic heterocycles. The first-order chi connectivity index (χ1) is 4.20. The number of halogens is 3. The normalized spacial score (nSPS) is 10.7. The minimum Gasteiger partial charge on any atom is -0.207 e. The highest BCUT2D eigenvalue weighted by Gasteiger charge is 2.11. The number of nitrogens with zero attached hydrogens (tertiary/aromatic N) is 2. The van der Waals surface area contributed by atoms with Gasteiger partial charge in [-0.15, -0.1) is 0 Å². The second-order valence-corrected chi connectivity index (χ2v) is 3.23. The van der Waals surface area contributed by atoms with E-state index in [1.807, 2.05) is 0 Å². The Morgan fingerprint density at radius 2 is 2.22 bits per heavy atom. The third-order valence-corrected chi connectivity index (χ3v) is 1.74. The summed E-state index contributed by atoms with van der Waals surface area (Å²) in [5.41, 5.74) is 0. The predicted molar refractivity (Wildman–Crippen MR) is 32.6 cm³/mol. The van der Waals surface area contributed by atoms with Gasteiger partial charge in [0.2, 0.25) is 5.82 Å². The summed E-state index contributed by atoms with van der Waals surface area (Å²) in [4.78, 5) is 3.38. The Labute approximate surface area is 62.2 Å². The van der Waals surface area contributed by atoms with Crippen molar-refractivity contribution in [2.75, 3.05) is 0 Å². The zero-order valence-corrected chi connectivity index (χ0v) is 6.42. The Kier molecular flexibility index (Phi) is 2.07. The maximum Gasteiger partial charge on any atom is 0.298 e. The molecular weight excluding hydrogens is 214 g/mol. The molecule has 0 unspecified atom stereocenters. The van der Waals surface area contributed by atoms with Crippen LogP contribution in [0.3, 0.4) is 0 Å². The van der Waals surface area contributed by atoms with Gasteiger partial charge in [0.15, 0.2) is 3.92 Å². The summed E-state index contributed by atoms with van der Waals surface area (Å²) in [6, 6.07) is 0. The maximum absolute atomic E-state index is 11.6. The van der Waals surface area contributed by atoms with Gasteiger partial charge >= 0.3 is 0 Å². The Hall–Kier alpha value is -0.100. The quantitative estimate of drug-likeness (QED) is 0.717.